The summed E-state index contributed by atoms with van der Waals surface area (Å²) in [5.41, 5.74) is 4.18. The minimum Gasteiger partial charge on any atom is -0.393 e. The lowest BCUT2D eigenvalue weighted by molar-refractivity contribution is 0.593. The number of nitrogens with two attached hydrogens (primary N) is 1. The largest absolute Gasteiger partial charge is 0.393 e. The van der Waals surface area contributed by atoms with Gasteiger partial charge in [0, 0.05) is 11.8 Å². The molecule has 3 N–H and O–H groups in total. The summed E-state index contributed by atoms with van der Waals surface area (Å²) in [6, 6.07) is 4.47. The van der Waals surface area contributed by atoms with Crippen molar-refractivity contribution in [3.05, 3.63) is 61.6 Å². The minimum atomic E-state index is -0.664. The van der Waals surface area contributed by atoms with E-state index in [-0.39, 0.29) is 22.8 Å². The molecule has 0 fully saturated rings. The number of benzene rings is 1. The third kappa shape index (κ3) is 2.28. The van der Waals surface area contributed by atoms with E-state index in [2.05, 4.69) is 0 Å². The molecule has 1 aromatic carbocycles. The highest BCUT2D eigenvalue weighted by Gasteiger charge is 2.08. The standard InChI is InChI=1S/C11H9ClFN3O2/c12-7-3-1-2-6(9(7)13)4-16-5-8(14)10(17)15-11(16)18/h1-3,5H,4,14H2,(H,15,17,18). The highest BCUT2D eigenvalue weighted by atomic mass is 35.5. The molecule has 0 saturated carbocycles. The summed E-state index contributed by atoms with van der Waals surface area (Å²) < 4.78 is 14.8. The third-order valence-electron chi connectivity index (χ3n) is 2.41. The number of hydrogen-bond donors (Lipinski definition) is 2. The van der Waals surface area contributed by atoms with Crippen LogP contribution in [0.25, 0.3) is 0 Å². The second kappa shape index (κ2) is 4.66. The van der Waals surface area contributed by atoms with Crippen molar-refractivity contribution in [2.75, 3.05) is 5.73 Å². The molecule has 0 aliphatic rings. The summed E-state index contributed by atoms with van der Waals surface area (Å²) in [5, 5.41) is -0.0297. The zero-order valence-corrected chi connectivity index (χ0v) is 9.87. The minimum absolute atomic E-state index is 0.0297. The maximum Gasteiger partial charge on any atom is 0.328 e. The molecular weight excluding hydrogens is 261 g/mol. The lowest BCUT2D eigenvalue weighted by atomic mass is 10.2. The van der Waals surface area contributed by atoms with Crippen molar-refractivity contribution in [3.8, 4) is 0 Å². The Bertz CT molecular complexity index is 708. The quantitative estimate of drug-likeness (QED) is 0.852. The number of rotatable bonds is 2. The Morgan fingerprint density at radius 1 is 1.39 bits per heavy atom. The van der Waals surface area contributed by atoms with Crippen molar-refractivity contribution in [1.29, 1.82) is 0 Å². The van der Waals surface area contributed by atoms with E-state index in [1.807, 2.05) is 4.98 Å². The molecule has 94 valence electrons. The Morgan fingerprint density at radius 3 is 2.83 bits per heavy atom. The molecule has 5 nitrogen and oxygen atoms in total. The van der Waals surface area contributed by atoms with E-state index in [4.69, 9.17) is 17.3 Å². The molecule has 0 amide bonds. The number of nitrogens with zero attached hydrogens (tertiary/aromatic N) is 1. The Labute approximate surface area is 106 Å². The van der Waals surface area contributed by atoms with Gasteiger partial charge < -0.3 is 5.73 Å². The fourth-order valence-corrected chi connectivity index (χ4v) is 1.69. The van der Waals surface area contributed by atoms with Crippen molar-refractivity contribution in [1.82, 2.24) is 9.55 Å². The Morgan fingerprint density at radius 2 is 2.11 bits per heavy atom. The van der Waals surface area contributed by atoms with Crippen LogP contribution in [0.1, 0.15) is 5.56 Å². The number of nitrogens with one attached hydrogen (secondary N) is 1. The van der Waals surface area contributed by atoms with Gasteiger partial charge in [0.2, 0.25) is 0 Å². The molecule has 0 aliphatic heterocycles. The smallest absolute Gasteiger partial charge is 0.328 e. The van der Waals surface area contributed by atoms with E-state index in [0.29, 0.717) is 0 Å². The summed E-state index contributed by atoms with van der Waals surface area (Å²) in [5.74, 6) is -0.601. The SMILES string of the molecule is Nc1cn(Cc2cccc(Cl)c2F)c(=O)[nH]c1=O. The van der Waals surface area contributed by atoms with Gasteiger partial charge in [-0.25, -0.2) is 9.18 Å². The second-order valence-electron chi connectivity index (χ2n) is 3.68. The average molecular weight is 270 g/mol. The van der Waals surface area contributed by atoms with E-state index < -0.39 is 17.1 Å². The lowest BCUT2D eigenvalue weighted by Gasteiger charge is -2.07. The monoisotopic (exact) mass is 269 g/mol. The molecular formula is C11H9ClFN3O2. The van der Waals surface area contributed by atoms with Gasteiger partial charge in [0.15, 0.2) is 0 Å². The molecule has 1 aromatic heterocycles. The molecule has 7 heteroatoms. The molecule has 2 rings (SSSR count). The first-order valence-electron chi connectivity index (χ1n) is 5.01. The predicted octanol–water partition coefficient (Wildman–Crippen LogP) is 0.960. The van der Waals surface area contributed by atoms with Crippen molar-refractivity contribution >= 4 is 17.3 Å². The van der Waals surface area contributed by atoms with Gasteiger partial charge in [0.05, 0.1) is 11.6 Å². The Kier molecular flexibility index (Phi) is 3.20. The van der Waals surface area contributed by atoms with E-state index in [0.717, 1.165) is 4.57 Å². The van der Waals surface area contributed by atoms with Gasteiger partial charge in [0.25, 0.3) is 5.56 Å². The highest BCUT2D eigenvalue weighted by molar-refractivity contribution is 6.30. The van der Waals surface area contributed by atoms with Gasteiger partial charge in [0.1, 0.15) is 11.5 Å². The molecule has 0 unspecified atom stereocenters. The average Bonchev–Trinajstić information content (AvgIpc) is 2.32. The van der Waals surface area contributed by atoms with Crippen LogP contribution in [-0.2, 0) is 6.54 Å². The van der Waals surface area contributed by atoms with E-state index in [1.54, 1.807) is 6.07 Å². The zero-order valence-electron chi connectivity index (χ0n) is 9.11. The van der Waals surface area contributed by atoms with Crippen LogP contribution in [-0.4, -0.2) is 9.55 Å². The van der Waals surface area contributed by atoms with Gasteiger partial charge >= 0.3 is 5.69 Å². The van der Waals surface area contributed by atoms with Gasteiger partial charge in [-0.2, -0.15) is 0 Å². The maximum atomic E-state index is 13.6. The molecule has 0 aliphatic carbocycles. The second-order valence-corrected chi connectivity index (χ2v) is 4.09. The van der Waals surface area contributed by atoms with E-state index in [1.165, 1.54) is 18.3 Å². The Hall–Kier alpha value is -2.08. The van der Waals surface area contributed by atoms with Gasteiger partial charge in [-0.1, -0.05) is 23.7 Å². The fraction of sp³-hybridized carbons (Fsp3) is 0.0909. The first-order chi connectivity index (χ1) is 8.49. The van der Waals surface area contributed by atoms with Crippen LogP contribution in [0, 0.1) is 5.82 Å². The van der Waals surface area contributed by atoms with Crippen LogP contribution >= 0.6 is 11.6 Å². The topological polar surface area (TPSA) is 80.9 Å². The van der Waals surface area contributed by atoms with Gasteiger partial charge in [-0.15, -0.1) is 0 Å². The third-order valence-corrected chi connectivity index (χ3v) is 2.70. The summed E-state index contributed by atoms with van der Waals surface area (Å²) in [6.07, 6.45) is 1.17. The van der Waals surface area contributed by atoms with Crippen LogP contribution in [0.5, 0.6) is 0 Å². The lowest BCUT2D eigenvalue weighted by Crippen LogP contribution is -2.31. The molecule has 0 saturated heterocycles. The first kappa shape index (κ1) is 12.4. The number of nitrogen functional groups attached to an aromatic ring is 1. The van der Waals surface area contributed by atoms with Crippen molar-refractivity contribution in [2.45, 2.75) is 6.54 Å². The first-order valence-corrected chi connectivity index (χ1v) is 5.39. The summed E-state index contributed by atoms with van der Waals surface area (Å²) >= 11 is 5.63. The predicted molar refractivity (Wildman–Crippen MR) is 66.2 cm³/mol. The van der Waals surface area contributed by atoms with Crippen LogP contribution in [0.3, 0.4) is 0 Å². The number of hydrogen-bond acceptors (Lipinski definition) is 3. The number of aromatic nitrogens is 2. The molecule has 1 heterocycles. The van der Waals surface area contributed by atoms with Crippen LogP contribution in [0.4, 0.5) is 10.1 Å². The van der Waals surface area contributed by atoms with Crippen LogP contribution in [0.2, 0.25) is 5.02 Å². The van der Waals surface area contributed by atoms with E-state index in [9.17, 15) is 14.0 Å². The van der Waals surface area contributed by atoms with Gasteiger partial charge in [-0.3, -0.25) is 14.3 Å². The summed E-state index contributed by atoms with van der Waals surface area (Å²) in [4.78, 5) is 24.6. The number of aromatic amines is 1. The van der Waals surface area contributed by atoms with Crippen molar-refractivity contribution < 1.29 is 4.39 Å². The molecule has 18 heavy (non-hydrogen) atoms. The zero-order chi connectivity index (χ0) is 13.3. The highest BCUT2D eigenvalue weighted by Crippen LogP contribution is 2.18. The summed E-state index contributed by atoms with van der Waals surface area (Å²) in [7, 11) is 0. The molecule has 0 bridgehead atoms. The Balaban J connectivity index is 2.47. The van der Waals surface area contributed by atoms with Crippen molar-refractivity contribution in [2.24, 2.45) is 0 Å². The normalized spacial score (nSPS) is 10.6. The summed E-state index contributed by atoms with van der Waals surface area (Å²) in [6.45, 7) is -0.0633. The van der Waals surface area contributed by atoms with Crippen molar-refractivity contribution in [3.63, 3.8) is 0 Å². The molecule has 0 atom stereocenters. The van der Waals surface area contributed by atoms with Crippen LogP contribution in [0.15, 0.2) is 34.0 Å². The van der Waals surface area contributed by atoms with Crippen LogP contribution < -0.4 is 17.0 Å². The van der Waals surface area contributed by atoms with E-state index >= 15 is 0 Å². The fourth-order valence-electron chi connectivity index (χ4n) is 1.50. The maximum absolute atomic E-state index is 13.6. The number of halogens is 2. The molecule has 2 aromatic rings. The molecule has 0 radical (unpaired) electrons. The number of anilines is 1. The molecule has 0 spiro atoms. The number of H-pyrrole nitrogens is 1. The van der Waals surface area contributed by atoms with Gasteiger partial charge in [-0.05, 0) is 6.07 Å².